The highest BCUT2D eigenvalue weighted by molar-refractivity contribution is 14.0. The summed E-state index contributed by atoms with van der Waals surface area (Å²) in [6.45, 7) is 4.19. The Morgan fingerprint density at radius 3 is 2.74 bits per heavy atom. The molecule has 1 aliphatic rings. The molecule has 0 saturated heterocycles. The van der Waals surface area contributed by atoms with Crippen molar-refractivity contribution in [3.8, 4) is 0 Å². The molecule has 1 aliphatic carbocycles. The largest absolute Gasteiger partial charge is 0.469 e. The van der Waals surface area contributed by atoms with Gasteiger partial charge in [-0.2, -0.15) is 0 Å². The van der Waals surface area contributed by atoms with Crippen molar-refractivity contribution in [2.45, 2.75) is 32.1 Å². The number of halogens is 1. The first-order valence-corrected chi connectivity index (χ1v) is 10.4. The number of guanidine groups is 1. The molecule has 0 radical (unpaired) electrons. The van der Waals surface area contributed by atoms with Crippen molar-refractivity contribution in [3.05, 3.63) is 46.5 Å². The Morgan fingerprint density at radius 1 is 1.19 bits per heavy atom. The van der Waals surface area contributed by atoms with Crippen molar-refractivity contribution < 1.29 is 9.15 Å². The zero-order chi connectivity index (χ0) is 17.9. The minimum atomic E-state index is 0. The summed E-state index contributed by atoms with van der Waals surface area (Å²) in [4.78, 5) is 6.07. The molecular weight excluding hydrogens is 473 g/mol. The van der Waals surface area contributed by atoms with Crippen LogP contribution in [-0.4, -0.2) is 38.8 Å². The average molecular weight is 503 g/mol. The van der Waals surface area contributed by atoms with E-state index >= 15 is 0 Å². The fraction of sp³-hybridized carbons (Fsp3) is 0.550. The molecule has 0 unspecified atom stereocenters. The van der Waals surface area contributed by atoms with Crippen molar-refractivity contribution in [2.24, 2.45) is 10.9 Å². The van der Waals surface area contributed by atoms with E-state index in [4.69, 9.17) is 9.15 Å². The van der Waals surface area contributed by atoms with Gasteiger partial charge in [0.1, 0.15) is 5.76 Å². The number of rotatable bonds is 12. The predicted molar refractivity (Wildman–Crippen MR) is 122 cm³/mol. The molecule has 27 heavy (non-hydrogen) atoms. The average Bonchev–Trinajstić information content (AvgIpc) is 3.10. The van der Waals surface area contributed by atoms with Gasteiger partial charge in [-0.15, -0.1) is 35.3 Å². The second-order valence-corrected chi connectivity index (χ2v) is 7.65. The molecule has 150 valence electrons. The molecule has 3 rings (SSSR count). The first-order valence-electron chi connectivity index (χ1n) is 9.55. The highest BCUT2D eigenvalue weighted by Crippen LogP contribution is 2.28. The fourth-order valence-corrected chi connectivity index (χ4v) is 3.29. The lowest BCUT2D eigenvalue weighted by atomic mass is 10.3. The van der Waals surface area contributed by atoms with Gasteiger partial charge in [-0.05, 0) is 55.2 Å². The number of nitrogens with zero attached hydrogens (tertiary/aromatic N) is 1. The van der Waals surface area contributed by atoms with E-state index in [2.05, 4.69) is 33.1 Å². The second kappa shape index (κ2) is 13.2. The summed E-state index contributed by atoms with van der Waals surface area (Å²) in [5.74, 6) is 2.69. The van der Waals surface area contributed by atoms with E-state index in [1.165, 1.54) is 17.7 Å². The third-order valence-corrected chi connectivity index (χ3v) is 5.19. The number of nitrogens with one attached hydrogen (secondary N) is 2. The van der Waals surface area contributed by atoms with Crippen molar-refractivity contribution in [2.75, 3.05) is 32.8 Å². The van der Waals surface area contributed by atoms with E-state index in [-0.39, 0.29) is 24.0 Å². The van der Waals surface area contributed by atoms with Crippen LogP contribution in [0.4, 0.5) is 0 Å². The molecule has 1 fully saturated rings. The summed E-state index contributed by atoms with van der Waals surface area (Å²) in [7, 11) is 0. The lowest BCUT2D eigenvalue weighted by Crippen LogP contribution is -2.39. The monoisotopic (exact) mass is 503 g/mol. The van der Waals surface area contributed by atoms with Gasteiger partial charge in [0.2, 0.25) is 0 Å². The van der Waals surface area contributed by atoms with Crippen LogP contribution in [0, 0.1) is 5.92 Å². The molecule has 2 N–H and O–H groups in total. The Morgan fingerprint density at radius 2 is 2.04 bits per heavy atom. The first kappa shape index (κ1) is 22.2. The maximum atomic E-state index is 5.68. The van der Waals surface area contributed by atoms with Crippen molar-refractivity contribution >= 4 is 41.3 Å². The molecule has 2 aromatic rings. The van der Waals surface area contributed by atoms with E-state index in [9.17, 15) is 0 Å². The van der Waals surface area contributed by atoms with Crippen LogP contribution in [0.5, 0.6) is 0 Å². The molecule has 0 bridgehead atoms. The fourth-order valence-electron chi connectivity index (χ4n) is 2.58. The molecule has 0 amide bonds. The highest BCUT2D eigenvalue weighted by Gasteiger charge is 2.20. The zero-order valence-electron chi connectivity index (χ0n) is 15.7. The highest BCUT2D eigenvalue weighted by atomic mass is 127. The molecular formula is C20H30IN3O2S. The van der Waals surface area contributed by atoms with E-state index in [0.717, 1.165) is 69.7 Å². The lowest BCUT2D eigenvalue weighted by molar-refractivity contribution is 0.123. The molecule has 1 saturated carbocycles. The molecule has 7 heteroatoms. The number of ether oxygens (including phenoxy) is 1. The van der Waals surface area contributed by atoms with Crippen LogP contribution >= 0.6 is 35.3 Å². The summed E-state index contributed by atoms with van der Waals surface area (Å²) in [6.07, 6.45) is 7.23. The van der Waals surface area contributed by atoms with Gasteiger partial charge in [-0.25, -0.2) is 0 Å². The van der Waals surface area contributed by atoms with Gasteiger partial charge in [0.25, 0.3) is 0 Å². The number of furan rings is 1. The van der Waals surface area contributed by atoms with E-state index in [1.54, 1.807) is 17.6 Å². The van der Waals surface area contributed by atoms with Gasteiger partial charge < -0.3 is 19.8 Å². The summed E-state index contributed by atoms with van der Waals surface area (Å²) in [5.41, 5.74) is 0. The molecule has 0 aliphatic heterocycles. The van der Waals surface area contributed by atoms with Gasteiger partial charge >= 0.3 is 0 Å². The van der Waals surface area contributed by atoms with E-state index in [1.807, 2.05) is 12.1 Å². The quantitative estimate of drug-likeness (QED) is 0.198. The Balaban J connectivity index is 0.00000261. The van der Waals surface area contributed by atoms with Gasteiger partial charge in [0.15, 0.2) is 5.96 Å². The topological polar surface area (TPSA) is 58.8 Å². The summed E-state index contributed by atoms with van der Waals surface area (Å²) < 4.78 is 11.1. The standard InChI is InChI=1S/C20H29N3O2S.HI/c1-4-18(25-14-1)8-11-22-20(23-12-9-19-5-2-15-26-19)21-10-3-13-24-16-17-6-7-17;/h1-2,4-5,14-15,17H,3,6-13,16H2,(H2,21,22,23);1H. The first-order chi connectivity index (χ1) is 12.9. The van der Waals surface area contributed by atoms with Gasteiger partial charge in [-0.1, -0.05) is 6.07 Å². The molecule has 0 spiro atoms. The van der Waals surface area contributed by atoms with Gasteiger partial charge in [-0.3, -0.25) is 4.99 Å². The molecule has 0 atom stereocenters. The molecule has 0 aromatic carbocycles. The molecule has 2 heterocycles. The van der Waals surface area contributed by atoms with Crippen molar-refractivity contribution in [1.29, 1.82) is 0 Å². The number of hydrogen-bond donors (Lipinski definition) is 2. The number of thiophene rings is 1. The van der Waals surface area contributed by atoms with Crippen LogP contribution in [0.25, 0.3) is 0 Å². The predicted octanol–water partition coefficient (Wildman–Crippen LogP) is 4.10. The smallest absolute Gasteiger partial charge is 0.191 e. The Hall–Kier alpha value is -1.06. The van der Waals surface area contributed by atoms with Crippen molar-refractivity contribution in [3.63, 3.8) is 0 Å². The Labute approximate surface area is 183 Å². The number of aliphatic imine (C=N–C) groups is 1. The van der Waals surface area contributed by atoms with Crippen LogP contribution in [0.2, 0.25) is 0 Å². The van der Waals surface area contributed by atoms with E-state index < -0.39 is 0 Å². The minimum Gasteiger partial charge on any atom is -0.469 e. The SMILES string of the molecule is I.c1coc(CCNC(=NCCCOCC2CC2)NCCc2cccs2)c1. The maximum absolute atomic E-state index is 5.68. The van der Waals surface area contributed by atoms with Gasteiger partial charge in [0.05, 0.1) is 6.26 Å². The Bertz CT molecular complexity index is 585. The third-order valence-electron chi connectivity index (χ3n) is 4.26. The molecule has 2 aromatic heterocycles. The molecule has 5 nitrogen and oxygen atoms in total. The third kappa shape index (κ3) is 9.62. The Kier molecular flexibility index (Phi) is 10.8. The van der Waals surface area contributed by atoms with Crippen LogP contribution < -0.4 is 10.6 Å². The van der Waals surface area contributed by atoms with E-state index in [0.29, 0.717) is 0 Å². The van der Waals surface area contributed by atoms with Crippen LogP contribution in [-0.2, 0) is 17.6 Å². The number of hydrogen-bond acceptors (Lipinski definition) is 4. The van der Waals surface area contributed by atoms with Crippen molar-refractivity contribution in [1.82, 2.24) is 10.6 Å². The lowest BCUT2D eigenvalue weighted by Gasteiger charge is -2.12. The van der Waals surface area contributed by atoms with Crippen LogP contribution in [0.1, 0.15) is 29.9 Å². The normalized spacial score (nSPS) is 14.0. The minimum absolute atomic E-state index is 0. The summed E-state index contributed by atoms with van der Waals surface area (Å²) in [5, 5.41) is 8.95. The summed E-state index contributed by atoms with van der Waals surface area (Å²) >= 11 is 1.80. The second-order valence-electron chi connectivity index (χ2n) is 6.61. The van der Waals surface area contributed by atoms with Crippen LogP contribution in [0.3, 0.4) is 0 Å². The van der Waals surface area contributed by atoms with Gasteiger partial charge in [0, 0.05) is 44.1 Å². The zero-order valence-corrected chi connectivity index (χ0v) is 18.8. The van der Waals surface area contributed by atoms with Crippen LogP contribution in [0.15, 0.2) is 45.3 Å². The summed E-state index contributed by atoms with van der Waals surface area (Å²) in [6, 6.07) is 8.19. The maximum Gasteiger partial charge on any atom is 0.191 e.